The van der Waals surface area contributed by atoms with Crippen LogP contribution in [0, 0.1) is 5.92 Å². The van der Waals surface area contributed by atoms with Crippen molar-refractivity contribution in [1.29, 1.82) is 0 Å². The van der Waals surface area contributed by atoms with Gasteiger partial charge in [0, 0.05) is 51.0 Å². The summed E-state index contributed by atoms with van der Waals surface area (Å²) in [6.07, 6.45) is 5.89. The highest BCUT2D eigenvalue weighted by atomic mass is 16.6. The van der Waals surface area contributed by atoms with Gasteiger partial charge in [-0.1, -0.05) is 47.1 Å². The fraction of sp³-hybridized carbons (Fsp3) is 0.417. The standard InChI is InChI=1S/C24H28N4O2/c1-18(13-19-5-3-2-4-6-19)15-27-9-11-28(12-10-27)16-23-21-17-29-22-14-25-8-7-20(22)24(21)26-30-23/h2-8,13-14,21,23H,9-12,15-17H2,1H3. The summed E-state index contributed by atoms with van der Waals surface area (Å²) in [7, 11) is 0. The Balaban J connectivity index is 1.12. The maximum Gasteiger partial charge on any atom is 0.151 e. The molecule has 5 rings (SSSR count). The number of hydrogen-bond donors (Lipinski definition) is 0. The van der Waals surface area contributed by atoms with Crippen LogP contribution in [0.25, 0.3) is 6.08 Å². The molecule has 1 aromatic carbocycles. The number of rotatable bonds is 5. The van der Waals surface area contributed by atoms with Crippen LogP contribution in [0.1, 0.15) is 18.1 Å². The Hall–Kier alpha value is -2.70. The topological polar surface area (TPSA) is 50.2 Å². The van der Waals surface area contributed by atoms with Crippen molar-refractivity contribution in [2.75, 3.05) is 45.9 Å². The first-order valence-electron chi connectivity index (χ1n) is 10.7. The molecule has 1 saturated heterocycles. The number of piperazine rings is 1. The Kier molecular flexibility index (Phi) is 5.51. The molecule has 4 heterocycles. The highest BCUT2D eigenvalue weighted by Gasteiger charge is 2.40. The average Bonchev–Trinajstić information content (AvgIpc) is 3.19. The summed E-state index contributed by atoms with van der Waals surface area (Å²) in [5.74, 6) is 1.01. The van der Waals surface area contributed by atoms with E-state index in [1.54, 1.807) is 12.4 Å². The number of fused-ring (bicyclic) bond motifs is 3. The predicted octanol–water partition coefficient (Wildman–Crippen LogP) is 2.91. The molecule has 0 spiro atoms. The largest absolute Gasteiger partial charge is 0.490 e. The molecule has 156 valence electrons. The summed E-state index contributed by atoms with van der Waals surface area (Å²) in [6.45, 7) is 9.04. The van der Waals surface area contributed by atoms with Gasteiger partial charge in [0.1, 0.15) is 18.1 Å². The third kappa shape index (κ3) is 4.11. The van der Waals surface area contributed by atoms with E-state index in [0.29, 0.717) is 6.61 Å². The molecule has 2 unspecified atom stereocenters. The predicted molar refractivity (Wildman–Crippen MR) is 118 cm³/mol. The number of pyridine rings is 1. The van der Waals surface area contributed by atoms with E-state index in [4.69, 9.17) is 9.57 Å². The van der Waals surface area contributed by atoms with Gasteiger partial charge >= 0.3 is 0 Å². The van der Waals surface area contributed by atoms with Gasteiger partial charge in [-0.05, 0) is 18.6 Å². The van der Waals surface area contributed by atoms with Crippen molar-refractivity contribution in [2.24, 2.45) is 11.1 Å². The number of ether oxygens (including phenoxy) is 1. The Morgan fingerprint density at radius 1 is 1.10 bits per heavy atom. The van der Waals surface area contributed by atoms with E-state index in [1.165, 1.54) is 11.1 Å². The summed E-state index contributed by atoms with van der Waals surface area (Å²) >= 11 is 0. The van der Waals surface area contributed by atoms with Crippen LogP contribution < -0.4 is 4.74 Å². The fourth-order valence-corrected chi connectivity index (χ4v) is 4.54. The Labute approximate surface area is 177 Å². The molecule has 6 heteroatoms. The van der Waals surface area contributed by atoms with Gasteiger partial charge in [0.25, 0.3) is 0 Å². The first-order chi connectivity index (χ1) is 14.8. The normalized spacial score (nSPS) is 24.4. The van der Waals surface area contributed by atoms with Gasteiger partial charge in [0.05, 0.1) is 12.1 Å². The zero-order valence-corrected chi connectivity index (χ0v) is 17.4. The van der Waals surface area contributed by atoms with Gasteiger partial charge in [0.2, 0.25) is 0 Å². The second-order valence-electron chi connectivity index (χ2n) is 8.39. The molecule has 1 aromatic heterocycles. The minimum absolute atomic E-state index is 0.0626. The molecular formula is C24H28N4O2. The molecule has 6 nitrogen and oxygen atoms in total. The lowest BCUT2D eigenvalue weighted by Gasteiger charge is -2.36. The fourth-order valence-electron chi connectivity index (χ4n) is 4.54. The van der Waals surface area contributed by atoms with E-state index in [9.17, 15) is 0 Å². The van der Waals surface area contributed by atoms with Crippen LogP contribution in [-0.2, 0) is 4.84 Å². The molecule has 0 bridgehead atoms. The van der Waals surface area contributed by atoms with Gasteiger partial charge in [-0.15, -0.1) is 0 Å². The third-order valence-electron chi connectivity index (χ3n) is 6.15. The number of nitrogens with zero attached hydrogens (tertiary/aromatic N) is 4. The Morgan fingerprint density at radius 2 is 1.90 bits per heavy atom. The second kappa shape index (κ2) is 8.58. The maximum absolute atomic E-state index is 5.91. The molecule has 3 aliphatic rings. The molecule has 1 fully saturated rings. The quantitative estimate of drug-likeness (QED) is 0.767. The van der Waals surface area contributed by atoms with E-state index in [0.717, 1.165) is 56.3 Å². The van der Waals surface area contributed by atoms with Crippen LogP contribution in [0.3, 0.4) is 0 Å². The highest BCUT2D eigenvalue weighted by Crippen LogP contribution is 2.33. The van der Waals surface area contributed by atoms with Crippen molar-refractivity contribution >= 4 is 11.8 Å². The lowest BCUT2D eigenvalue weighted by Crippen LogP contribution is -2.50. The summed E-state index contributed by atoms with van der Waals surface area (Å²) in [5.41, 5.74) is 4.72. The van der Waals surface area contributed by atoms with Crippen LogP contribution in [0.15, 0.2) is 59.5 Å². The van der Waals surface area contributed by atoms with Gasteiger partial charge in [0.15, 0.2) is 6.10 Å². The zero-order valence-electron chi connectivity index (χ0n) is 17.4. The number of hydrogen-bond acceptors (Lipinski definition) is 6. The van der Waals surface area contributed by atoms with Crippen LogP contribution in [0.4, 0.5) is 0 Å². The Morgan fingerprint density at radius 3 is 2.73 bits per heavy atom. The second-order valence-corrected chi connectivity index (χ2v) is 8.39. The smallest absolute Gasteiger partial charge is 0.151 e. The molecule has 0 saturated carbocycles. The van der Waals surface area contributed by atoms with Crippen LogP contribution in [-0.4, -0.2) is 72.5 Å². The Bertz CT molecular complexity index is 935. The molecule has 0 N–H and O–H groups in total. The SMILES string of the molecule is CC(=Cc1ccccc1)CN1CCN(CC2ON=C3c4ccncc4OCC32)CC1. The summed E-state index contributed by atoms with van der Waals surface area (Å²) in [4.78, 5) is 15.0. The molecule has 30 heavy (non-hydrogen) atoms. The van der Waals surface area contributed by atoms with Gasteiger partial charge < -0.3 is 9.57 Å². The van der Waals surface area contributed by atoms with Crippen molar-refractivity contribution in [2.45, 2.75) is 13.0 Å². The van der Waals surface area contributed by atoms with Crippen LogP contribution >= 0.6 is 0 Å². The van der Waals surface area contributed by atoms with E-state index in [-0.39, 0.29) is 12.0 Å². The molecule has 0 amide bonds. The van der Waals surface area contributed by atoms with Gasteiger partial charge in [-0.3, -0.25) is 14.8 Å². The minimum atomic E-state index is 0.0626. The average molecular weight is 405 g/mol. The van der Waals surface area contributed by atoms with Crippen molar-refractivity contribution in [3.05, 3.63) is 65.5 Å². The monoisotopic (exact) mass is 404 g/mol. The van der Waals surface area contributed by atoms with Crippen LogP contribution in [0.5, 0.6) is 5.75 Å². The molecule has 0 radical (unpaired) electrons. The number of aromatic nitrogens is 1. The van der Waals surface area contributed by atoms with E-state index in [2.05, 4.69) is 63.3 Å². The van der Waals surface area contributed by atoms with E-state index in [1.807, 2.05) is 6.07 Å². The van der Waals surface area contributed by atoms with Crippen molar-refractivity contribution < 1.29 is 9.57 Å². The molecule has 0 aliphatic carbocycles. The molecule has 2 aromatic rings. The first kappa shape index (κ1) is 19.3. The van der Waals surface area contributed by atoms with E-state index < -0.39 is 0 Å². The minimum Gasteiger partial charge on any atom is -0.490 e. The highest BCUT2D eigenvalue weighted by molar-refractivity contribution is 6.05. The lowest BCUT2D eigenvalue weighted by atomic mass is 9.91. The molecular weight excluding hydrogens is 376 g/mol. The van der Waals surface area contributed by atoms with Crippen molar-refractivity contribution in [3.63, 3.8) is 0 Å². The number of oxime groups is 1. The van der Waals surface area contributed by atoms with Crippen molar-refractivity contribution in [3.8, 4) is 5.75 Å². The van der Waals surface area contributed by atoms with Gasteiger partial charge in [-0.2, -0.15) is 0 Å². The summed E-state index contributed by atoms with van der Waals surface area (Å²) in [5, 5.41) is 4.40. The molecule has 3 aliphatic heterocycles. The first-order valence-corrected chi connectivity index (χ1v) is 10.7. The molecule has 2 atom stereocenters. The summed E-state index contributed by atoms with van der Waals surface area (Å²) in [6, 6.07) is 12.5. The zero-order chi connectivity index (χ0) is 20.3. The third-order valence-corrected chi connectivity index (χ3v) is 6.15. The number of benzene rings is 1. The van der Waals surface area contributed by atoms with Crippen LogP contribution in [0.2, 0.25) is 0 Å². The maximum atomic E-state index is 5.91. The van der Waals surface area contributed by atoms with E-state index >= 15 is 0 Å². The lowest BCUT2D eigenvalue weighted by molar-refractivity contribution is 0.0101. The summed E-state index contributed by atoms with van der Waals surface area (Å²) < 4.78 is 5.91. The van der Waals surface area contributed by atoms with Crippen molar-refractivity contribution in [1.82, 2.24) is 14.8 Å². The van der Waals surface area contributed by atoms with Gasteiger partial charge in [-0.25, -0.2) is 0 Å².